The summed E-state index contributed by atoms with van der Waals surface area (Å²) in [7, 11) is 1.39. The van der Waals surface area contributed by atoms with E-state index in [1.807, 2.05) is 25.1 Å². The third-order valence-electron chi connectivity index (χ3n) is 3.53. The van der Waals surface area contributed by atoms with E-state index < -0.39 is 0 Å². The van der Waals surface area contributed by atoms with E-state index in [9.17, 15) is 4.79 Å². The Morgan fingerprint density at radius 1 is 1.40 bits per heavy atom. The molecule has 104 valence electrons. The topological polar surface area (TPSA) is 67.3 Å². The average Bonchev–Trinajstić information content (AvgIpc) is 2.42. The lowest BCUT2D eigenvalue weighted by atomic mass is 10.1. The quantitative estimate of drug-likeness (QED) is 0.903. The maximum Gasteiger partial charge on any atom is 0.409 e. The maximum absolute atomic E-state index is 11.3. The number of carbonyl (C=O) groups is 1. The molecule has 3 rings (SSSR count). The summed E-state index contributed by atoms with van der Waals surface area (Å²) in [4.78, 5) is 21.6. The molecule has 0 spiro atoms. The summed E-state index contributed by atoms with van der Waals surface area (Å²) < 4.78 is 4.68. The molecule has 1 aliphatic rings. The highest BCUT2D eigenvalue weighted by molar-refractivity contribution is 5.91. The smallest absolute Gasteiger partial charge is 0.409 e. The Morgan fingerprint density at radius 3 is 2.95 bits per heavy atom. The molecule has 0 unspecified atom stereocenters. The van der Waals surface area contributed by atoms with Crippen molar-refractivity contribution < 1.29 is 9.53 Å². The van der Waals surface area contributed by atoms with E-state index >= 15 is 0 Å². The number of methoxy groups -OCH3 is 1. The van der Waals surface area contributed by atoms with Gasteiger partial charge in [0.2, 0.25) is 0 Å². The van der Waals surface area contributed by atoms with Crippen molar-refractivity contribution in [2.75, 3.05) is 25.5 Å². The number of benzene rings is 1. The van der Waals surface area contributed by atoms with E-state index in [0.29, 0.717) is 13.1 Å². The molecule has 2 aromatic rings. The lowest BCUT2D eigenvalue weighted by molar-refractivity contribution is 0.0930. The minimum absolute atomic E-state index is 0.201. The monoisotopic (exact) mass is 272 g/mol. The van der Waals surface area contributed by atoms with Gasteiger partial charge in [0.05, 0.1) is 18.7 Å². The number of fused-ring (bicyclic) bond motifs is 1. The Morgan fingerprint density at radius 2 is 2.20 bits per heavy atom. The van der Waals surface area contributed by atoms with E-state index in [2.05, 4.69) is 20.0 Å². The number of anilines is 1. The number of nitrogens with zero attached hydrogens (tertiary/aromatic N) is 3. The standard InChI is InChI=1S/C14H16N4O2/c1-9-4-3-5-11-12(9)13(16-8-15-11)17-10-6-18(7-10)14(19)20-2/h3-5,8,10H,6-7H2,1-2H3,(H,15,16,17). The van der Waals surface area contributed by atoms with Crippen LogP contribution in [0.25, 0.3) is 10.9 Å². The van der Waals surface area contributed by atoms with Crippen molar-refractivity contribution in [2.45, 2.75) is 13.0 Å². The van der Waals surface area contributed by atoms with Gasteiger partial charge in [-0.15, -0.1) is 0 Å². The van der Waals surface area contributed by atoms with Crippen LogP contribution in [-0.2, 0) is 4.74 Å². The molecular weight excluding hydrogens is 256 g/mol. The Kier molecular flexibility index (Phi) is 3.14. The fourth-order valence-corrected chi connectivity index (χ4v) is 2.43. The Bertz CT molecular complexity index is 647. The maximum atomic E-state index is 11.3. The number of hydrogen-bond donors (Lipinski definition) is 1. The molecule has 1 amide bonds. The highest BCUT2D eigenvalue weighted by Gasteiger charge is 2.31. The number of ether oxygens (including phenoxy) is 1. The second kappa shape index (κ2) is 4.96. The van der Waals surface area contributed by atoms with Crippen LogP contribution in [0.4, 0.5) is 10.6 Å². The molecule has 1 N–H and O–H groups in total. The predicted octanol–water partition coefficient (Wildman–Crippen LogP) is 1.80. The number of rotatable bonds is 2. The van der Waals surface area contributed by atoms with Crippen molar-refractivity contribution in [3.05, 3.63) is 30.1 Å². The second-order valence-corrected chi connectivity index (χ2v) is 4.91. The summed E-state index contributed by atoms with van der Waals surface area (Å²) in [5, 5.41) is 4.40. The highest BCUT2D eigenvalue weighted by atomic mass is 16.5. The van der Waals surface area contributed by atoms with E-state index in [1.54, 1.807) is 11.2 Å². The van der Waals surface area contributed by atoms with Crippen molar-refractivity contribution in [1.29, 1.82) is 0 Å². The average molecular weight is 272 g/mol. The molecule has 1 aromatic carbocycles. The number of carbonyl (C=O) groups excluding carboxylic acids is 1. The summed E-state index contributed by atoms with van der Waals surface area (Å²) in [5.41, 5.74) is 2.06. The molecule has 1 aliphatic heterocycles. The van der Waals surface area contributed by atoms with Gasteiger partial charge in [-0.05, 0) is 18.6 Å². The molecule has 20 heavy (non-hydrogen) atoms. The summed E-state index contributed by atoms with van der Waals surface area (Å²) in [5.74, 6) is 0.822. The van der Waals surface area contributed by atoms with Gasteiger partial charge in [0.15, 0.2) is 0 Å². The van der Waals surface area contributed by atoms with Crippen molar-refractivity contribution in [1.82, 2.24) is 14.9 Å². The van der Waals surface area contributed by atoms with Crippen LogP contribution in [0.5, 0.6) is 0 Å². The Balaban J connectivity index is 1.78. The zero-order chi connectivity index (χ0) is 14.1. The molecule has 6 heteroatoms. The van der Waals surface area contributed by atoms with Crippen LogP contribution in [0.2, 0.25) is 0 Å². The molecule has 2 heterocycles. The van der Waals surface area contributed by atoms with Gasteiger partial charge < -0.3 is 15.0 Å². The molecule has 0 radical (unpaired) electrons. The predicted molar refractivity (Wildman–Crippen MR) is 75.7 cm³/mol. The van der Waals surface area contributed by atoms with Crippen molar-refractivity contribution >= 4 is 22.8 Å². The van der Waals surface area contributed by atoms with Crippen LogP contribution in [0.15, 0.2) is 24.5 Å². The molecule has 0 bridgehead atoms. The number of amides is 1. The molecule has 1 aromatic heterocycles. The van der Waals surface area contributed by atoms with Gasteiger partial charge >= 0.3 is 6.09 Å². The van der Waals surface area contributed by atoms with E-state index in [4.69, 9.17) is 0 Å². The van der Waals surface area contributed by atoms with Gasteiger partial charge in [-0.2, -0.15) is 0 Å². The van der Waals surface area contributed by atoms with Crippen LogP contribution in [0, 0.1) is 6.92 Å². The lowest BCUT2D eigenvalue weighted by Crippen LogP contribution is -2.57. The van der Waals surface area contributed by atoms with Gasteiger partial charge in [0, 0.05) is 18.5 Å². The zero-order valence-electron chi connectivity index (χ0n) is 11.5. The van der Waals surface area contributed by atoms with Crippen molar-refractivity contribution in [3.8, 4) is 0 Å². The van der Waals surface area contributed by atoms with E-state index in [0.717, 1.165) is 22.3 Å². The zero-order valence-corrected chi connectivity index (χ0v) is 11.5. The summed E-state index contributed by atoms with van der Waals surface area (Å²) in [6.45, 7) is 3.30. The number of aryl methyl sites for hydroxylation is 1. The first-order valence-electron chi connectivity index (χ1n) is 6.49. The largest absolute Gasteiger partial charge is 0.453 e. The molecule has 0 saturated carbocycles. The van der Waals surface area contributed by atoms with Crippen LogP contribution < -0.4 is 5.32 Å². The van der Waals surface area contributed by atoms with E-state index in [1.165, 1.54) is 7.11 Å². The summed E-state index contributed by atoms with van der Waals surface area (Å²) in [6, 6.07) is 6.19. The highest BCUT2D eigenvalue weighted by Crippen LogP contribution is 2.24. The molecule has 6 nitrogen and oxygen atoms in total. The summed E-state index contributed by atoms with van der Waals surface area (Å²) in [6.07, 6.45) is 1.27. The van der Waals surface area contributed by atoms with Gasteiger partial charge in [0.1, 0.15) is 12.1 Å². The number of nitrogens with one attached hydrogen (secondary N) is 1. The van der Waals surface area contributed by atoms with Crippen molar-refractivity contribution in [3.63, 3.8) is 0 Å². The Hall–Kier alpha value is -2.37. The third-order valence-corrected chi connectivity index (χ3v) is 3.53. The third kappa shape index (κ3) is 2.13. The minimum atomic E-state index is -0.285. The van der Waals surface area contributed by atoms with Crippen molar-refractivity contribution in [2.24, 2.45) is 0 Å². The first-order chi connectivity index (χ1) is 9.69. The van der Waals surface area contributed by atoms with Gasteiger partial charge in [0.25, 0.3) is 0 Å². The van der Waals surface area contributed by atoms with Gasteiger partial charge in [-0.25, -0.2) is 14.8 Å². The molecule has 0 aliphatic carbocycles. The second-order valence-electron chi connectivity index (χ2n) is 4.91. The number of aromatic nitrogens is 2. The first-order valence-corrected chi connectivity index (χ1v) is 6.49. The lowest BCUT2D eigenvalue weighted by Gasteiger charge is -2.38. The fourth-order valence-electron chi connectivity index (χ4n) is 2.43. The minimum Gasteiger partial charge on any atom is -0.453 e. The number of likely N-dealkylation sites (tertiary alicyclic amines) is 1. The number of hydrogen-bond acceptors (Lipinski definition) is 5. The molecule has 1 fully saturated rings. The van der Waals surface area contributed by atoms with Crippen LogP contribution in [-0.4, -0.2) is 47.2 Å². The summed E-state index contributed by atoms with van der Waals surface area (Å²) >= 11 is 0. The molecular formula is C14H16N4O2. The normalized spacial score (nSPS) is 15.0. The fraction of sp³-hybridized carbons (Fsp3) is 0.357. The van der Waals surface area contributed by atoms with Gasteiger partial charge in [-0.3, -0.25) is 0 Å². The van der Waals surface area contributed by atoms with E-state index in [-0.39, 0.29) is 12.1 Å². The van der Waals surface area contributed by atoms with Crippen LogP contribution >= 0.6 is 0 Å². The van der Waals surface area contributed by atoms with Gasteiger partial charge in [-0.1, -0.05) is 12.1 Å². The molecule has 0 atom stereocenters. The first kappa shape index (κ1) is 12.7. The Labute approximate surface area is 116 Å². The SMILES string of the molecule is COC(=O)N1CC(Nc2ncnc3cccc(C)c23)C1. The molecule has 1 saturated heterocycles. The van der Waals surface area contributed by atoms with Crippen LogP contribution in [0.1, 0.15) is 5.56 Å². The van der Waals surface area contributed by atoms with Crippen LogP contribution in [0.3, 0.4) is 0 Å².